The van der Waals surface area contributed by atoms with Crippen molar-refractivity contribution in [2.45, 2.75) is 6.92 Å². The van der Waals surface area contributed by atoms with Gasteiger partial charge in [-0.1, -0.05) is 11.6 Å². The summed E-state index contributed by atoms with van der Waals surface area (Å²) in [5.41, 5.74) is 2.61. The zero-order valence-electron chi connectivity index (χ0n) is 10.3. The van der Waals surface area contributed by atoms with Gasteiger partial charge in [-0.15, -0.1) is 0 Å². The first-order valence-corrected chi connectivity index (χ1v) is 6.10. The van der Waals surface area contributed by atoms with Crippen LogP contribution in [0.25, 0.3) is 0 Å². The van der Waals surface area contributed by atoms with Crippen LogP contribution in [0.3, 0.4) is 0 Å². The SMILES string of the molecule is Cc1cc(C(=O)Nc2ccc(C=O)cc2)ccc1Cl. The Kier molecular flexibility index (Phi) is 3.97. The van der Waals surface area contributed by atoms with Gasteiger partial charge >= 0.3 is 0 Å². The van der Waals surface area contributed by atoms with Crippen molar-refractivity contribution in [3.8, 4) is 0 Å². The molecule has 0 aliphatic carbocycles. The number of aryl methyl sites for hydroxylation is 1. The van der Waals surface area contributed by atoms with E-state index in [9.17, 15) is 9.59 Å². The Hall–Kier alpha value is -2.13. The zero-order valence-corrected chi connectivity index (χ0v) is 11.1. The van der Waals surface area contributed by atoms with Crippen molar-refractivity contribution in [2.75, 3.05) is 5.32 Å². The van der Waals surface area contributed by atoms with Gasteiger partial charge in [-0.25, -0.2) is 0 Å². The second-order valence-corrected chi connectivity index (χ2v) is 4.57. The summed E-state index contributed by atoms with van der Waals surface area (Å²) in [6.07, 6.45) is 0.758. The maximum Gasteiger partial charge on any atom is 0.255 e. The highest BCUT2D eigenvalue weighted by molar-refractivity contribution is 6.31. The third-order valence-corrected chi connectivity index (χ3v) is 3.15. The molecule has 2 aromatic carbocycles. The van der Waals surface area contributed by atoms with Crippen LogP contribution in [0.4, 0.5) is 5.69 Å². The Morgan fingerprint density at radius 3 is 2.42 bits per heavy atom. The van der Waals surface area contributed by atoms with Crippen LogP contribution in [0, 0.1) is 6.92 Å². The lowest BCUT2D eigenvalue weighted by molar-refractivity contribution is 0.102. The molecule has 1 amide bonds. The molecule has 1 N–H and O–H groups in total. The number of carbonyl (C=O) groups is 2. The predicted molar refractivity (Wildman–Crippen MR) is 76.0 cm³/mol. The summed E-state index contributed by atoms with van der Waals surface area (Å²) in [6, 6.07) is 11.8. The van der Waals surface area contributed by atoms with E-state index in [0.717, 1.165) is 11.8 Å². The van der Waals surface area contributed by atoms with Crippen molar-refractivity contribution in [3.05, 3.63) is 64.2 Å². The molecule has 19 heavy (non-hydrogen) atoms. The second kappa shape index (κ2) is 5.67. The normalized spacial score (nSPS) is 10.0. The average Bonchev–Trinajstić information content (AvgIpc) is 2.42. The van der Waals surface area contributed by atoms with Crippen LogP contribution >= 0.6 is 11.6 Å². The van der Waals surface area contributed by atoms with E-state index in [1.165, 1.54) is 0 Å². The van der Waals surface area contributed by atoms with Gasteiger partial charge in [0.05, 0.1) is 0 Å². The van der Waals surface area contributed by atoms with Gasteiger partial charge in [0.2, 0.25) is 0 Å². The maximum absolute atomic E-state index is 12.0. The predicted octanol–water partition coefficient (Wildman–Crippen LogP) is 3.71. The Morgan fingerprint density at radius 2 is 1.84 bits per heavy atom. The number of halogens is 1. The van der Waals surface area contributed by atoms with Gasteiger partial charge in [-0.3, -0.25) is 9.59 Å². The minimum Gasteiger partial charge on any atom is -0.322 e. The van der Waals surface area contributed by atoms with Crippen LogP contribution in [0.15, 0.2) is 42.5 Å². The third-order valence-electron chi connectivity index (χ3n) is 2.72. The standard InChI is InChI=1S/C15H12ClNO2/c1-10-8-12(4-7-14(10)16)15(19)17-13-5-2-11(9-18)3-6-13/h2-9H,1H3,(H,17,19). The first-order valence-electron chi connectivity index (χ1n) is 5.73. The van der Waals surface area contributed by atoms with Gasteiger partial charge in [0.1, 0.15) is 6.29 Å². The lowest BCUT2D eigenvalue weighted by Gasteiger charge is -2.06. The number of hydrogen-bond donors (Lipinski definition) is 1. The number of nitrogens with one attached hydrogen (secondary N) is 1. The number of benzene rings is 2. The Labute approximate surface area is 116 Å². The molecule has 0 atom stereocenters. The van der Waals surface area contributed by atoms with E-state index >= 15 is 0 Å². The molecule has 0 saturated heterocycles. The van der Waals surface area contributed by atoms with E-state index in [1.54, 1.807) is 42.5 Å². The second-order valence-electron chi connectivity index (χ2n) is 4.16. The molecule has 0 heterocycles. The van der Waals surface area contributed by atoms with Gasteiger partial charge < -0.3 is 5.32 Å². The molecule has 0 fully saturated rings. The van der Waals surface area contributed by atoms with E-state index in [1.807, 2.05) is 6.92 Å². The summed E-state index contributed by atoms with van der Waals surface area (Å²) in [7, 11) is 0. The molecule has 2 rings (SSSR count). The Morgan fingerprint density at radius 1 is 1.16 bits per heavy atom. The van der Waals surface area contributed by atoms with Crippen molar-refractivity contribution in [3.63, 3.8) is 0 Å². The zero-order chi connectivity index (χ0) is 13.8. The van der Waals surface area contributed by atoms with E-state index in [4.69, 9.17) is 11.6 Å². The lowest BCUT2D eigenvalue weighted by atomic mass is 10.1. The quantitative estimate of drug-likeness (QED) is 0.867. The summed E-state index contributed by atoms with van der Waals surface area (Å²) >= 11 is 5.91. The van der Waals surface area contributed by atoms with Crippen molar-refractivity contribution >= 4 is 29.5 Å². The van der Waals surface area contributed by atoms with E-state index < -0.39 is 0 Å². The van der Waals surface area contributed by atoms with Gasteiger partial charge in [-0.2, -0.15) is 0 Å². The third kappa shape index (κ3) is 3.20. The molecule has 2 aromatic rings. The maximum atomic E-state index is 12.0. The van der Waals surface area contributed by atoms with Crippen LogP contribution in [-0.2, 0) is 0 Å². The number of carbonyl (C=O) groups excluding carboxylic acids is 2. The molecule has 0 unspecified atom stereocenters. The van der Waals surface area contributed by atoms with Crippen molar-refractivity contribution < 1.29 is 9.59 Å². The molecule has 0 aromatic heterocycles. The summed E-state index contributed by atoms with van der Waals surface area (Å²) < 4.78 is 0. The molecule has 96 valence electrons. The molecule has 0 radical (unpaired) electrons. The van der Waals surface area contributed by atoms with Crippen LogP contribution < -0.4 is 5.32 Å². The fraction of sp³-hybridized carbons (Fsp3) is 0.0667. The highest BCUT2D eigenvalue weighted by Crippen LogP contribution is 2.17. The van der Waals surface area contributed by atoms with Gasteiger partial charge in [0.15, 0.2) is 0 Å². The lowest BCUT2D eigenvalue weighted by Crippen LogP contribution is -2.12. The molecule has 0 aliphatic rings. The highest BCUT2D eigenvalue weighted by atomic mass is 35.5. The summed E-state index contributed by atoms with van der Waals surface area (Å²) in [4.78, 5) is 22.5. The molecular formula is C15H12ClNO2. The molecule has 0 saturated carbocycles. The molecular weight excluding hydrogens is 262 g/mol. The monoisotopic (exact) mass is 273 g/mol. The van der Waals surface area contributed by atoms with Crippen LogP contribution in [0.5, 0.6) is 0 Å². The number of anilines is 1. The Bertz CT molecular complexity index is 621. The van der Waals surface area contributed by atoms with E-state index in [2.05, 4.69) is 5.32 Å². The molecule has 4 heteroatoms. The van der Waals surface area contributed by atoms with Gasteiger partial charge in [0, 0.05) is 21.8 Å². The van der Waals surface area contributed by atoms with E-state index in [-0.39, 0.29) is 5.91 Å². The summed E-state index contributed by atoms with van der Waals surface area (Å²) in [6.45, 7) is 1.85. The van der Waals surface area contributed by atoms with Crippen molar-refractivity contribution in [1.82, 2.24) is 0 Å². The van der Waals surface area contributed by atoms with Crippen LogP contribution in [0.2, 0.25) is 5.02 Å². The van der Waals surface area contributed by atoms with Crippen LogP contribution in [-0.4, -0.2) is 12.2 Å². The number of hydrogen-bond acceptors (Lipinski definition) is 2. The smallest absolute Gasteiger partial charge is 0.255 e. The minimum absolute atomic E-state index is 0.210. The van der Waals surface area contributed by atoms with Crippen molar-refractivity contribution in [1.29, 1.82) is 0 Å². The first-order chi connectivity index (χ1) is 9.10. The van der Waals surface area contributed by atoms with Gasteiger partial charge in [0.25, 0.3) is 5.91 Å². The van der Waals surface area contributed by atoms with E-state index in [0.29, 0.717) is 21.8 Å². The molecule has 0 bridgehead atoms. The van der Waals surface area contributed by atoms with Gasteiger partial charge in [-0.05, 0) is 55.0 Å². The largest absolute Gasteiger partial charge is 0.322 e. The highest BCUT2D eigenvalue weighted by Gasteiger charge is 2.07. The van der Waals surface area contributed by atoms with Crippen molar-refractivity contribution in [2.24, 2.45) is 0 Å². The fourth-order valence-corrected chi connectivity index (χ4v) is 1.75. The van der Waals surface area contributed by atoms with Crippen LogP contribution in [0.1, 0.15) is 26.3 Å². The topological polar surface area (TPSA) is 46.2 Å². The molecule has 3 nitrogen and oxygen atoms in total. The molecule has 0 spiro atoms. The number of rotatable bonds is 3. The summed E-state index contributed by atoms with van der Waals surface area (Å²) in [5.74, 6) is -0.210. The Balaban J connectivity index is 2.15. The number of amides is 1. The summed E-state index contributed by atoms with van der Waals surface area (Å²) in [5, 5.41) is 3.39. The average molecular weight is 274 g/mol. The first kappa shape index (κ1) is 13.3. The number of aldehydes is 1. The minimum atomic E-state index is -0.210. The molecule has 0 aliphatic heterocycles. The fourth-order valence-electron chi connectivity index (χ4n) is 1.63.